The molecule has 1 nitrogen and oxygen atoms in total. The average molecular weight is 405 g/mol. The van der Waals surface area contributed by atoms with Gasteiger partial charge in [0, 0.05) is 8.95 Å². The lowest BCUT2D eigenvalue weighted by molar-refractivity contribution is 0.865. The number of hydrogen-bond acceptors (Lipinski definition) is 1. The van der Waals surface area contributed by atoms with Crippen LogP contribution in [0.5, 0.6) is 0 Å². The Hall–Kier alpha value is -1.16. The molecule has 0 aromatic heterocycles. The van der Waals surface area contributed by atoms with Crippen LogP contribution in [0.4, 0.5) is 0 Å². The standard InChI is InChI=1S/C18H15Br2N/c1-11-6-7-12-4-2-3-5-14(12)17(11)18(21)15-9-8-13(19)10-16(15)20/h2-10,18H,21H2,1H3. The zero-order chi connectivity index (χ0) is 15.0. The molecule has 0 saturated carbocycles. The highest BCUT2D eigenvalue weighted by Crippen LogP contribution is 2.34. The van der Waals surface area contributed by atoms with E-state index in [9.17, 15) is 0 Å². The molecular weight excluding hydrogens is 390 g/mol. The molecule has 2 N–H and O–H groups in total. The van der Waals surface area contributed by atoms with E-state index in [1.54, 1.807) is 0 Å². The van der Waals surface area contributed by atoms with E-state index in [1.807, 2.05) is 12.1 Å². The fourth-order valence-corrected chi connectivity index (χ4v) is 4.02. The Kier molecular flexibility index (Phi) is 4.16. The van der Waals surface area contributed by atoms with E-state index < -0.39 is 0 Å². The smallest absolute Gasteiger partial charge is 0.0571 e. The molecule has 21 heavy (non-hydrogen) atoms. The molecule has 0 amide bonds. The number of aryl methyl sites for hydroxylation is 1. The first-order chi connectivity index (χ1) is 10.1. The molecule has 3 aromatic rings. The SMILES string of the molecule is Cc1ccc2ccccc2c1C(N)c1ccc(Br)cc1Br. The largest absolute Gasteiger partial charge is 0.320 e. The molecule has 0 bridgehead atoms. The third kappa shape index (κ3) is 2.78. The van der Waals surface area contributed by atoms with Crippen LogP contribution in [-0.4, -0.2) is 0 Å². The molecule has 3 aromatic carbocycles. The van der Waals surface area contributed by atoms with E-state index in [0.717, 1.165) is 14.5 Å². The van der Waals surface area contributed by atoms with Crippen molar-refractivity contribution < 1.29 is 0 Å². The van der Waals surface area contributed by atoms with E-state index in [4.69, 9.17) is 5.73 Å². The van der Waals surface area contributed by atoms with Gasteiger partial charge in [0.15, 0.2) is 0 Å². The summed E-state index contributed by atoms with van der Waals surface area (Å²) in [6.07, 6.45) is 0. The van der Waals surface area contributed by atoms with Crippen LogP contribution >= 0.6 is 31.9 Å². The maximum absolute atomic E-state index is 6.59. The summed E-state index contributed by atoms with van der Waals surface area (Å²) in [6, 6.07) is 18.7. The van der Waals surface area contributed by atoms with Crippen molar-refractivity contribution in [1.29, 1.82) is 0 Å². The summed E-state index contributed by atoms with van der Waals surface area (Å²) in [5, 5.41) is 2.45. The maximum Gasteiger partial charge on any atom is 0.0571 e. The van der Waals surface area contributed by atoms with Crippen molar-refractivity contribution >= 4 is 42.6 Å². The summed E-state index contributed by atoms with van der Waals surface area (Å²) < 4.78 is 2.07. The number of fused-ring (bicyclic) bond motifs is 1. The Morgan fingerprint density at radius 1 is 0.952 bits per heavy atom. The van der Waals surface area contributed by atoms with Crippen molar-refractivity contribution in [2.24, 2.45) is 5.73 Å². The summed E-state index contributed by atoms with van der Waals surface area (Å²) in [4.78, 5) is 0. The molecule has 3 heteroatoms. The van der Waals surface area contributed by atoms with Gasteiger partial charge in [0.1, 0.15) is 0 Å². The predicted molar refractivity (Wildman–Crippen MR) is 96.6 cm³/mol. The van der Waals surface area contributed by atoms with Crippen LogP contribution in [0.1, 0.15) is 22.7 Å². The van der Waals surface area contributed by atoms with Crippen molar-refractivity contribution in [2.45, 2.75) is 13.0 Å². The summed E-state index contributed by atoms with van der Waals surface area (Å²) in [6.45, 7) is 2.12. The van der Waals surface area contributed by atoms with Crippen molar-refractivity contribution in [3.05, 3.63) is 80.2 Å². The van der Waals surface area contributed by atoms with E-state index >= 15 is 0 Å². The van der Waals surface area contributed by atoms with Crippen LogP contribution < -0.4 is 5.73 Å². The normalized spacial score (nSPS) is 12.6. The number of rotatable bonds is 2. The van der Waals surface area contributed by atoms with Crippen molar-refractivity contribution in [1.82, 2.24) is 0 Å². The zero-order valence-corrected chi connectivity index (χ0v) is 14.8. The van der Waals surface area contributed by atoms with Gasteiger partial charge in [0.25, 0.3) is 0 Å². The van der Waals surface area contributed by atoms with Crippen molar-refractivity contribution in [2.75, 3.05) is 0 Å². The van der Waals surface area contributed by atoms with Crippen LogP contribution in [0.3, 0.4) is 0 Å². The molecule has 0 aliphatic carbocycles. The third-order valence-electron chi connectivity index (χ3n) is 3.80. The highest BCUT2D eigenvalue weighted by Gasteiger charge is 2.17. The first kappa shape index (κ1) is 14.8. The molecular formula is C18H15Br2N. The Labute approximate surface area is 141 Å². The Morgan fingerprint density at radius 3 is 2.48 bits per heavy atom. The van der Waals surface area contributed by atoms with Gasteiger partial charge in [-0.2, -0.15) is 0 Å². The number of hydrogen-bond donors (Lipinski definition) is 1. The summed E-state index contributed by atoms with van der Waals surface area (Å²) >= 11 is 7.11. The monoisotopic (exact) mass is 403 g/mol. The van der Waals surface area contributed by atoms with Gasteiger partial charge >= 0.3 is 0 Å². The molecule has 0 heterocycles. The van der Waals surface area contributed by atoms with E-state index in [-0.39, 0.29) is 6.04 Å². The molecule has 1 atom stereocenters. The number of benzene rings is 3. The zero-order valence-electron chi connectivity index (χ0n) is 11.6. The van der Waals surface area contributed by atoms with Crippen molar-refractivity contribution in [3.8, 4) is 0 Å². The van der Waals surface area contributed by atoms with Gasteiger partial charge in [0.05, 0.1) is 6.04 Å². The second-order valence-corrected chi connectivity index (χ2v) is 6.93. The Morgan fingerprint density at radius 2 is 1.71 bits per heavy atom. The topological polar surface area (TPSA) is 26.0 Å². The quantitative estimate of drug-likeness (QED) is 0.580. The first-order valence-electron chi connectivity index (χ1n) is 6.76. The second-order valence-electron chi connectivity index (χ2n) is 5.16. The Balaban J connectivity index is 2.21. The maximum atomic E-state index is 6.59. The molecule has 0 aliphatic rings. The van der Waals surface area contributed by atoms with E-state index in [1.165, 1.54) is 21.9 Å². The van der Waals surface area contributed by atoms with Crippen LogP contribution in [0, 0.1) is 6.92 Å². The summed E-state index contributed by atoms with van der Waals surface area (Å²) in [7, 11) is 0. The molecule has 0 fully saturated rings. The lowest BCUT2D eigenvalue weighted by Gasteiger charge is -2.19. The molecule has 0 saturated heterocycles. The third-order valence-corrected chi connectivity index (χ3v) is 4.98. The van der Waals surface area contributed by atoms with Crippen LogP contribution in [-0.2, 0) is 0 Å². The Bertz CT molecular complexity index is 811. The van der Waals surface area contributed by atoms with Gasteiger partial charge in [-0.05, 0) is 46.5 Å². The molecule has 0 spiro atoms. The first-order valence-corrected chi connectivity index (χ1v) is 8.35. The van der Waals surface area contributed by atoms with Crippen LogP contribution in [0.15, 0.2) is 63.5 Å². The highest BCUT2D eigenvalue weighted by atomic mass is 79.9. The average Bonchev–Trinajstić information content (AvgIpc) is 2.46. The summed E-state index contributed by atoms with van der Waals surface area (Å²) in [5.74, 6) is 0. The van der Waals surface area contributed by atoms with Gasteiger partial charge in [-0.1, -0.05) is 74.3 Å². The molecule has 1 unspecified atom stereocenters. The highest BCUT2D eigenvalue weighted by molar-refractivity contribution is 9.11. The number of nitrogens with two attached hydrogens (primary N) is 1. The molecule has 106 valence electrons. The minimum absolute atomic E-state index is 0.154. The fraction of sp³-hybridized carbons (Fsp3) is 0.111. The van der Waals surface area contributed by atoms with E-state index in [0.29, 0.717) is 0 Å². The van der Waals surface area contributed by atoms with Gasteiger partial charge in [-0.15, -0.1) is 0 Å². The van der Waals surface area contributed by atoms with Crippen LogP contribution in [0.2, 0.25) is 0 Å². The second kappa shape index (κ2) is 5.91. The summed E-state index contributed by atoms with van der Waals surface area (Å²) in [5.41, 5.74) is 10.1. The minimum Gasteiger partial charge on any atom is -0.320 e. The molecule has 3 rings (SSSR count). The number of halogens is 2. The van der Waals surface area contributed by atoms with Gasteiger partial charge in [0.2, 0.25) is 0 Å². The van der Waals surface area contributed by atoms with Crippen LogP contribution in [0.25, 0.3) is 10.8 Å². The minimum atomic E-state index is -0.154. The van der Waals surface area contributed by atoms with Crippen molar-refractivity contribution in [3.63, 3.8) is 0 Å². The van der Waals surface area contributed by atoms with Gasteiger partial charge in [-0.3, -0.25) is 0 Å². The van der Waals surface area contributed by atoms with Gasteiger partial charge < -0.3 is 5.73 Å². The molecule has 0 radical (unpaired) electrons. The lowest BCUT2D eigenvalue weighted by atomic mass is 9.91. The van der Waals surface area contributed by atoms with Gasteiger partial charge in [-0.25, -0.2) is 0 Å². The van der Waals surface area contributed by atoms with E-state index in [2.05, 4.69) is 81.2 Å². The predicted octanol–water partition coefficient (Wildman–Crippen LogP) is 5.72. The molecule has 0 aliphatic heterocycles. The lowest BCUT2D eigenvalue weighted by Crippen LogP contribution is -2.14. The fourth-order valence-electron chi connectivity index (χ4n) is 2.73.